The Morgan fingerprint density at radius 3 is 2.62 bits per heavy atom. The number of nitrogens with one attached hydrogen (secondary N) is 1. The molecule has 1 aliphatic rings. The number of nitrogens with zero attached hydrogens (tertiary/aromatic N) is 1. The van der Waals surface area contributed by atoms with Gasteiger partial charge in [0.15, 0.2) is 0 Å². The van der Waals surface area contributed by atoms with Crippen molar-refractivity contribution in [1.29, 1.82) is 0 Å². The first-order valence-electron chi connectivity index (χ1n) is 8.05. The number of fused-ring (bicyclic) bond motifs is 1. The second-order valence-electron chi connectivity index (χ2n) is 5.70. The van der Waals surface area contributed by atoms with E-state index < -0.39 is 22.0 Å². The van der Waals surface area contributed by atoms with Gasteiger partial charge in [-0.05, 0) is 30.7 Å². The van der Waals surface area contributed by atoms with Gasteiger partial charge in [-0.1, -0.05) is 48.5 Å². The Balaban J connectivity index is 1.63. The molecule has 1 aliphatic heterocycles. The van der Waals surface area contributed by atoms with Crippen molar-refractivity contribution in [2.24, 2.45) is 4.99 Å². The van der Waals surface area contributed by atoms with Crippen molar-refractivity contribution in [2.45, 2.75) is 17.9 Å². The molecule has 0 spiro atoms. The summed E-state index contributed by atoms with van der Waals surface area (Å²) in [5.41, 5.74) is 1.46. The van der Waals surface area contributed by atoms with Crippen molar-refractivity contribution in [3.05, 3.63) is 71.8 Å². The molecule has 3 rings (SSSR count). The molecule has 7 heteroatoms. The molecule has 2 aromatic rings. The van der Waals surface area contributed by atoms with Gasteiger partial charge in [-0.2, -0.15) is 0 Å². The average Bonchev–Trinajstić information content (AvgIpc) is 2.90. The number of esters is 1. The first-order valence-corrected chi connectivity index (χ1v) is 9.54. The van der Waals surface area contributed by atoms with E-state index in [-0.39, 0.29) is 17.3 Å². The number of aliphatic imine (C=N–C) groups is 1. The highest BCUT2D eigenvalue weighted by molar-refractivity contribution is 7.90. The summed E-state index contributed by atoms with van der Waals surface area (Å²) in [7, 11) is -3.62. The van der Waals surface area contributed by atoms with Crippen LogP contribution in [0.2, 0.25) is 0 Å². The molecule has 0 fully saturated rings. The minimum atomic E-state index is -3.62. The summed E-state index contributed by atoms with van der Waals surface area (Å²) in [5, 5.41) is 0. The topological polar surface area (TPSA) is 84.8 Å². The van der Waals surface area contributed by atoms with Crippen LogP contribution in [0.3, 0.4) is 0 Å². The van der Waals surface area contributed by atoms with Gasteiger partial charge in [-0.15, -0.1) is 0 Å². The largest absolute Gasteiger partial charge is 0.460 e. The molecule has 1 atom stereocenters. The fourth-order valence-electron chi connectivity index (χ4n) is 2.48. The number of carbonyl (C=O) groups excluding carboxylic acids is 1. The van der Waals surface area contributed by atoms with E-state index in [2.05, 4.69) is 9.71 Å². The first-order chi connectivity index (χ1) is 12.5. The Hall–Kier alpha value is -2.93. The van der Waals surface area contributed by atoms with Crippen LogP contribution in [-0.2, 0) is 19.6 Å². The highest BCUT2D eigenvalue weighted by atomic mass is 32.2. The van der Waals surface area contributed by atoms with Gasteiger partial charge < -0.3 is 4.74 Å². The maximum atomic E-state index is 12.1. The molecule has 0 saturated carbocycles. The molecular weight excluding hydrogens is 352 g/mol. The lowest BCUT2D eigenvalue weighted by atomic mass is 10.2. The molecule has 0 aromatic heterocycles. The van der Waals surface area contributed by atoms with E-state index in [0.29, 0.717) is 5.56 Å². The van der Waals surface area contributed by atoms with Crippen LogP contribution in [0.4, 0.5) is 0 Å². The maximum absolute atomic E-state index is 12.1. The van der Waals surface area contributed by atoms with Gasteiger partial charge in [-0.3, -0.25) is 9.71 Å². The summed E-state index contributed by atoms with van der Waals surface area (Å²) in [6, 6.07) is 15.3. The summed E-state index contributed by atoms with van der Waals surface area (Å²) in [5.74, 6) is -0.372. The summed E-state index contributed by atoms with van der Waals surface area (Å²) in [4.78, 5) is 16.4. The molecule has 0 unspecified atom stereocenters. The summed E-state index contributed by atoms with van der Waals surface area (Å²) in [6.07, 6.45) is 3.59. The van der Waals surface area contributed by atoms with Crippen molar-refractivity contribution >= 4 is 27.9 Å². The van der Waals surface area contributed by atoms with E-state index in [1.54, 1.807) is 31.2 Å². The van der Waals surface area contributed by atoms with Gasteiger partial charge in [0.1, 0.15) is 18.5 Å². The van der Waals surface area contributed by atoms with Crippen LogP contribution in [-0.4, -0.2) is 32.9 Å². The van der Waals surface area contributed by atoms with E-state index >= 15 is 0 Å². The van der Waals surface area contributed by atoms with E-state index in [4.69, 9.17) is 4.74 Å². The molecule has 1 heterocycles. The number of amidine groups is 1. The Morgan fingerprint density at radius 1 is 1.15 bits per heavy atom. The summed E-state index contributed by atoms with van der Waals surface area (Å²) in [6.45, 7) is 1.68. The quantitative estimate of drug-likeness (QED) is 0.819. The van der Waals surface area contributed by atoms with Crippen molar-refractivity contribution in [1.82, 2.24) is 4.72 Å². The van der Waals surface area contributed by atoms with Gasteiger partial charge >= 0.3 is 5.97 Å². The van der Waals surface area contributed by atoms with Gasteiger partial charge in [0.2, 0.25) is 0 Å². The molecular formula is C19H18N2O4S. The normalized spacial score (nSPS) is 17.7. The first kappa shape index (κ1) is 17.9. The average molecular weight is 370 g/mol. The van der Waals surface area contributed by atoms with Crippen LogP contribution in [0.5, 0.6) is 0 Å². The van der Waals surface area contributed by atoms with Crippen molar-refractivity contribution in [2.75, 3.05) is 6.61 Å². The molecule has 2 aromatic carbocycles. The van der Waals surface area contributed by atoms with E-state index in [1.165, 1.54) is 6.07 Å². The standard InChI is InChI=1S/C19H18N2O4S/c1-14(19(22)25-13-7-10-15-8-3-2-4-9-15)20-18-16-11-5-6-12-17(16)26(23,24)21-18/h2-12,14H,13H2,1H3,(H,20,21)/b10-7-/t14-/m0/s1. The molecule has 0 aliphatic carbocycles. The Kier molecular flexibility index (Phi) is 5.18. The lowest BCUT2D eigenvalue weighted by Gasteiger charge is -2.07. The number of benzene rings is 2. The van der Waals surface area contributed by atoms with E-state index in [0.717, 1.165) is 5.56 Å². The molecule has 1 N–H and O–H groups in total. The van der Waals surface area contributed by atoms with Crippen molar-refractivity contribution in [3.63, 3.8) is 0 Å². The predicted octanol–water partition coefficient (Wildman–Crippen LogP) is 2.37. The second kappa shape index (κ2) is 7.53. The number of carbonyl (C=O) groups is 1. The lowest BCUT2D eigenvalue weighted by Crippen LogP contribution is -2.26. The van der Waals surface area contributed by atoms with Crippen molar-refractivity contribution < 1.29 is 17.9 Å². The zero-order valence-corrected chi connectivity index (χ0v) is 14.9. The van der Waals surface area contributed by atoms with Gasteiger partial charge in [-0.25, -0.2) is 13.2 Å². The highest BCUT2D eigenvalue weighted by Crippen LogP contribution is 2.22. The minimum absolute atomic E-state index is 0.116. The third-order valence-electron chi connectivity index (χ3n) is 3.76. The van der Waals surface area contributed by atoms with Gasteiger partial charge in [0.05, 0.1) is 4.90 Å². The fourth-order valence-corrected chi connectivity index (χ4v) is 3.71. The molecule has 0 saturated heterocycles. The number of hydrogen-bond acceptors (Lipinski definition) is 5. The van der Waals surface area contributed by atoms with Gasteiger partial charge in [0, 0.05) is 5.56 Å². The number of sulfonamides is 1. The smallest absolute Gasteiger partial charge is 0.330 e. The molecule has 26 heavy (non-hydrogen) atoms. The van der Waals surface area contributed by atoms with Crippen molar-refractivity contribution in [3.8, 4) is 0 Å². The highest BCUT2D eigenvalue weighted by Gasteiger charge is 2.31. The third-order valence-corrected chi connectivity index (χ3v) is 5.16. The van der Waals surface area contributed by atoms with Gasteiger partial charge in [0.25, 0.3) is 10.0 Å². The molecule has 0 radical (unpaired) electrons. The Morgan fingerprint density at radius 2 is 1.85 bits per heavy atom. The lowest BCUT2D eigenvalue weighted by molar-refractivity contribution is -0.143. The number of rotatable bonds is 5. The maximum Gasteiger partial charge on any atom is 0.330 e. The molecule has 0 bridgehead atoms. The molecule has 0 amide bonds. The Bertz CT molecular complexity index is 966. The number of hydrogen-bond donors (Lipinski definition) is 1. The van der Waals surface area contributed by atoms with E-state index in [1.807, 2.05) is 36.4 Å². The second-order valence-corrected chi connectivity index (χ2v) is 7.35. The summed E-state index contributed by atoms with van der Waals surface area (Å²) < 4.78 is 31.6. The van der Waals surface area contributed by atoms with Crippen LogP contribution in [0.1, 0.15) is 18.1 Å². The SMILES string of the molecule is C[C@H](N=C1NS(=O)(=O)c2ccccc21)C(=O)OC/C=C\c1ccccc1. The Labute approximate surface area is 152 Å². The fraction of sp³-hybridized carbons (Fsp3) is 0.158. The van der Waals surface area contributed by atoms with Crippen LogP contribution in [0, 0.1) is 0 Å². The minimum Gasteiger partial charge on any atom is -0.460 e. The summed E-state index contributed by atoms with van der Waals surface area (Å²) >= 11 is 0. The molecule has 134 valence electrons. The molecule has 6 nitrogen and oxygen atoms in total. The third kappa shape index (κ3) is 4.00. The predicted molar refractivity (Wildman–Crippen MR) is 99.2 cm³/mol. The van der Waals surface area contributed by atoms with Crippen LogP contribution < -0.4 is 4.72 Å². The van der Waals surface area contributed by atoms with Crippen LogP contribution in [0.15, 0.2) is 70.6 Å². The number of ether oxygens (including phenoxy) is 1. The zero-order chi connectivity index (χ0) is 18.6. The van der Waals surface area contributed by atoms with Crippen LogP contribution >= 0.6 is 0 Å². The van der Waals surface area contributed by atoms with Crippen LogP contribution in [0.25, 0.3) is 6.08 Å². The monoisotopic (exact) mass is 370 g/mol. The zero-order valence-electron chi connectivity index (χ0n) is 14.1. The van der Waals surface area contributed by atoms with E-state index in [9.17, 15) is 13.2 Å².